The summed E-state index contributed by atoms with van der Waals surface area (Å²) >= 11 is 0. The van der Waals surface area contributed by atoms with E-state index in [0.717, 1.165) is 5.56 Å². The quantitative estimate of drug-likeness (QED) is 0.386. The summed E-state index contributed by atoms with van der Waals surface area (Å²) in [5, 5.41) is 44.6. The Labute approximate surface area is 212 Å². The lowest BCUT2D eigenvalue weighted by molar-refractivity contribution is -0.153. The lowest BCUT2D eigenvalue weighted by Gasteiger charge is -2.50. The van der Waals surface area contributed by atoms with E-state index in [9.17, 15) is 34.8 Å². The lowest BCUT2D eigenvalue weighted by atomic mass is 9.57. The Morgan fingerprint density at radius 2 is 1.86 bits per heavy atom. The van der Waals surface area contributed by atoms with Gasteiger partial charge in [0.1, 0.15) is 22.8 Å². The number of phenols is 1. The van der Waals surface area contributed by atoms with Gasteiger partial charge in [-0.15, -0.1) is 0 Å². The summed E-state index contributed by atoms with van der Waals surface area (Å²) in [6.07, 6.45) is 1.87. The molecule has 3 aliphatic rings. The van der Waals surface area contributed by atoms with Crippen LogP contribution in [0.25, 0.3) is 17.0 Å². The van der Waals surface area contributed by atoms with Crippen molar-refractivity contribution in [1.29, 1.82) is 0 Å². The fourth-order valence-corrected chi connectivity index (χ4v) is 6.23. The van der Waals surface area contributed by atoms with Gasteiger partial charge in [0.05, 0.1) is 17.3 Å². The minimum Gasteiger partial charge on any atom is -0.508 e. The van der Waals surface area contributed by atoms with Gasteiger partial charge in [-0.1, -0.05) is 6.07 Å². The number of likely N-dealkylation sites (N-methyl/N-ethyl adjacent to an activating group) is 1. The van der Waals surface area contributed by atoms with E-state index in [-0.39, 0.29) is 29.7 Å². The predicted octanol–water partition coefficient (Wildman–Crippen LogP) is 1.33. The zero-order chi connectivity index (χ0) is 27.0. The molecule has 0 radical (unpaired) electrons. The van der Waals surface area contributed by atoms with Crippen LogP contribution < -0.4 is 5.73 Å². The molecule has 10 heteroatoms. The highest BCUT2D eigenvalue weighted by molar-refractivity contribution is 6.24. The van der Waals surface area contributed by atoms with Crippen molar-refractivity contribution >= 4 is 23.2 Å². The normalized spacial score (nSPS) is 27.2. The Morgan fingerprint density at radius 1 is 1.16 bits per heavy atom. The zero-order valence-corrected chi connectivity index (χ0v) is 20.5. The molecule has 1 aromatic carbocycles. The number of aromatic nitrogens is 1. The van der Waals surface area contributed by atoms with Crippen molar-refractivity contribution in [2.45, 2.75) is 31.4 Å². The number of nitrogens with two attached hydrogens (primary N) is 1. The van der Waals surface area contributed by atoms with E-state index in [4.69, 9.17) is 5.73 Å². The number of Topliss-reactive ketones (excluding diaryl/α,β-unsaturated/α-hetero) is 2. The van der Waals surface area contributed by atoms with Crippen LogP contribution in [-0.2, 0) is 20.8 Å². The highest BCUT2D eigenvalue weighted by Gasteiger charge is 2.64. The molecular formula is C27H27N3O7. The minimum atomic E-state index is -2.66. The van der Waals surface area contributed by atoms with Gasteiger partial charge in [-0.3, -0.25) is 24.3 Å². The highest BCUT2D eigenvalue weighted by atomic mass is 16.3. The first kappa shape index (κ1) is 24.7. The molecule has 0 unspecified atom stereocenters. The van der Waals surface area contributed by atoms with Crippen LogP contribution in [0.4, 0.5) is 0 Å². The second kappa shape index (κ2) is 8.25. The molecule has 4 atom stereocenters. The van der Waals surface area contributed by atoms with Crippen LogP contribution in [0.2, 0.25) is 0 Å². The summed E-state index contributed by atoms with van der Waals surface area (Å²) in [5.74, 6) is -6.75. The summed E-state index contributed by atoms with van der Waals surface area (Å²) in [6, 6.07) is 5.65. The molecule has 192 valence electrons. The number of carbonyl (C=O) groups is 3. The molecule has 0 aliphatic heterocycles. The van der Waals surface area contributed by atoms with Crippen molar-refractivity contribution in [3.63, 3.8) is 0 Å². The van der Waals surface area contributed by atoms with Gasteiger partial charge in [0.2, 0.25) is 5.78 Å². The van der Waals surface area contributed by atoms with Crippen molar-refractivity contribution in [3.05, 3.63) is 64.1 Å². The first-order chi connectivity index (χ1) is 17.4. The Hall–Kier alpha value is -4.02. The molecule has 1 heterocycles. The minimum absolute atomic E-state index is 0.0298. The van der Waals surface area contributed by atoms with Gasteiger partial charge < -0.3 is 26.2 Å². The van der Waals surface area contributed by atoms with Crippen LogP contribution in [0.5, 0.6) is 5.75 Å². The monoisotopic (exact) mass is 505 g/mol. The van der Waals surface area contributed by atoms with E-state index >= 15 is 0 Å². The van der Waals surface area contributed by atoms with E-state index in [1.165, 1.54) is 11.0 Å². The number of hydrogen-bond donors (Lipinski definition) is 5. The number of hydrogen-bond acceptors (Lipinski definition) is 9. The summed E-state index contributed by atoms with van der Waals surface area (Å²) < 4.78 is 0. The Balaban J connectivity index is 1.76. The second-order valence-corrected chi connectivity index (χ2v) is 10.1. The van der Waals surface area contributed by atoms with E-state index in [2.05, 4.69) is 4.98 Å². The topological polar surface area (TPSA) is 174 Å². The number of aromatic hydroxyl groups is 1. The molecule has 37 heavy (non-hydrogen) atoms. The zero-order valence-electron chi connectivity index (χ0n) is 20.5. The Morgan fingerprint density at radius 3 is 2.49 bits per heavy atom. The van der Waals surface area contributed by atoms with Crippen LogP contribution in [0.15, 0.2) is 47.4 Å². The van der Waals surface area contributed by atoms with Gasteiger partial charge in [0, 0.05) is 23.3 Å². The smallest absolute Gasteiger partial charge is 0.255 e. The molecule has 1 fully saturated rings. The molecule has 1 amide bonds. The number of ketones is 2. The summed E-state index contributed by atoms with van der Waals surface area (Å²) in [6.45, 7) is 1.89. The first-order valence-electron chi connectivity index (χ1n) is 11.8. The third-order valence-corrected chi connectivity index (χ3v) is 7.87. The van der Waals surface area contributed by atoms with Crippen molar-refractivity contribution in [3.8, 4) is 17.0 Å². The number of nitrogens with zero attached hydrogens (tertiary/aromatic N) is 2. The maximum Gasteiger partial charge on any atom is 0.255 e. The molecule has 0 spiro atoms. The number of aryl methyl sites for hydroxylation is 1. The number of carbonyl (C=O) groups excluding carboxylic acids is 3. The number of phenolic OH excluding ortho intramolecular Hbond substituents is 1. The van der Waals surface area contributed by atoms with Crippen molar-refractivity contribution in [2.24, 2.45) is 17.6 Å². The van der Waals surface area contributed by atoms with Gasteiger partial charge in [-0.2, -0.15) is 0 Å². The molecule has 0 saturated heterocycles. The van der Waals surface area contributed by atoms with E-state index < -0.39 is 58.0 Å². The average Bonchev–Trinajstić information content (AvgIpc) is 2.82. The van der Waals surface area contributed by atoms with Crippen molar-refractivity contribution in [1.82, 2.24) is 9.88 Å². The fourth-order valence-electron chi connectivity index (χ4n) is 6.23. The van der Waals surface area contributed by atoms with Crippen molar-refractivity contribution in [2.75, 3.05) is 14.1 Å². The number of pyridine rings is 1. The first-order valence-corrected chi connectivity index (χ1v) is 11.8. The largest absolute Gasteiger partial charge is 0.508 e. The SMILES string of the molecule is Cc1cccnc1-c1ccc(O)c2c1C[C@@H]1C[C@@H]3[C@@H](N(C)C)C(=O)C(C(N)=O)=C(O)[C@]3(O)C(=O)C1=C2O. The molecular weight excluding hydrogens is 478 g/mol. The molecule has 10 nitrogen and oxygen atoms in total. The molecule has 1 saturated carbocycles. The number of benzene rings is 1. The van der Waals surface area contributed by atoms with E-state index in [1.54, 1.807) is 32.4 Å². The summed E-state index contributed by atoms with van der Waals surface area (Å²) in [5.41, 5.74) is 4.48. The highest BCUT2D eigenvalue weighted by Crippen LogP contribution is 2.53. The van der Waals surface area contributed by atoms with Gasteiger partial charge in [0.15, 0.2) is 11.4 Å². The van der Waals surface area contributed by atoms with Gasteiger partial charge in [0.25, 0.3) is 5.91 Å². The molecule has 0 bridgehead atoms. The maximum atomic E-state index is 13.9. The Kier molecular flexibility index (Phi) is 5.50. The van der Waals surface area contributed by atoms with Crippen LogP contribution in [-0.4, -0.2) is 73.5 Å². The molecule has 2 aromatic rings. The van der Waals surface area contributed by atoms with Gasteiger partial charge in [-0.25, -0.2) is 0 Å². The molecule has 6 N–H and O–H groups in total. The second-order valence-electron chi connectivity index (χ2n) is 10.1. The predicted molar refractivity (Wildman–Crippen MR) is 132 cm³/mol. The van der Waals surface area contributed by atoms with Crippen LogP contribution in [0.1, 0.15) is 23.1 Å². The molecule has 5 rings (SSSR count). The number of fused-ring (bicyclic) bond motifs is 3. The molecule has 3 aliphatic carbocycles. The number of amides is 1. The molecule has 1 aromatic heterocycles. The number of aliphatic hydroxyl groups is 3. The fraction of sp³-hybridized carbons (Fsp3) is 0.333. The maximum absolute atomic E-state index is 13.9. The number of aliphatic hydroxyl groups excluding tert-OH is 2. The average molecular weight is 506 g/mol. The summed E-state index contributed by atoms with van der Waals surface area (Å²) in [7, 11) is 3.13. The third kappa shape index (κ3) is 3.25. The van der Waals surface area contributed by atoms with Gasteiger partial charge in [-0.05, 0) is 69.1 Å². The number of rotatable bonds is 3. The Bertz CT molecular complexity index is 1460. The van der Waals surface area contributed by atoms with E-state index in [1.807, 2.05) is 13.0 Å². The third-order valence-electron chi connectivity index (χ3n) is 7.87. The van der Waals surface area contributed by atoms with Crippen LogP contribution in [0.3, 0.4) is 0 Å². The van der Waals surface area contributed by atoms with Crippen LogP contribution >= 0.6 is 0 Å². The van der Waals surface area contributed by atoms with E-state index in [0.29, 0.717) is 16.8 Å². The van der Waals surface area contributed by atoms with Crippen molar-refractivity contribution < 1.29 is 34.8 Å². The van der Waals surface area contributed by atoms with Gasteiger partial charge >= 0.3 is 0 Å². The number of primary amides is 1. The standard InChI is InChI=1S/C27H27N3O7/c1-11-5-4-8-29-20(11)13-6-7-16(31)18-14(13)9-12-10-15-21(30(2)3)23(33)19(26(28)36)25(35)27(15,37)24(34)17(12)22(18)32/h4-8,12,15,21,31-32,35,37H,9-10H2,1-3H3,(H2,28,36)/t12-,15-,21-,27-/m1/s1. The van der Waals surface area contributed by atoms with Crippen LogP contribution in [0, 0.1) is 18.8 Å². The summed E-state index contributed by atoms with van der Waals surface area (Å²) in [4.78, 5) is 45.1. The lowest BCUT2D eigenvalue weighted by Crippen LogP contribution is -2.65.